The number of benzene rings is 1. The van der Waals surface area contributed by atoms with Crippen LogP contribution in [0.15, 0.2) is 18.2 Å². The van der Waals surface area contributed by atoms with E-state index in [0.29, 0.717) is 12.1 Å². The van der Waals surface area contributed by atoms with Gasteiger partial charge in [-0.05, 0) is 43.5 Å². The molecule has 1 heterocycles. The zero-order valence-corrected chi connectivity index (χ0v) is 10.6. The smallest absolute Gasteiger partial charge is 0.237 e. The Labute approximate surface area is 107 Å². The molecule has 0 saturated carbocycles. The van der Waals surface area contributed by atoms with Crippen molar-refractivity contribution in [3.8, 4) is 0 Å². The second-order valence-electron chi connectivity index (χ2n) is 4.80. The lowest BCUT2D eigenvalue weighted by Crippen LogP contribution is -2.46. The topological polar surface area (TPSA) is 41.1 Å². The molecule has 1 saturated heterocycles. The Morgan fingerprint density at radius 1 is 1.50 bits per heavy atom. The molecule has 2 N–H and O–H groups in total. The zero-order chi connectivity index (χ0) is 13.0. The molecular formula is C14H19FN2O. The molecule has 98 valence electrons. The molecule has 1 aliphatic rings. The normalized spacial score (nSPS) is 19.6. The molecule has 0 aliphatic carbocycles. The van der Waals surface area contributed by atoms with Gasteiger partial charge in [0, 0.05) is 6.54 Å². The van der Waals surface area contributed by atoms with Crippen LogP contribution in [0.5, 0.6) is 0 Å². The summed E-state index contributed by atoms with van der Waals surface area (Å²) in [5.41, 5.74) is 1.54. The molecule has 1 atom stereocenters. The van der Waals surface area contributed by atoms with Crippen LogP contribution in [0.25, 0.3) is 0 Å². The van der Waals surface area contributed by atoms with Gasteiger partial charge in [0.15, 0.2) is 0 Å². The fourth-order valence-corrected chi connectivity index (χ4v) is 2.20. The van der Waals surface area contributed by atoms with Crippen molar-refractivity contribution in [2.24, 2.45) is 0 Å². The van der Waals surface area contributed by atoms with Gasteiger partial charge < -0.3 is 10.6 Å². The minimum atomic E-state index is -0.209. The van der Waals surface area contributed by atoms with E-state index < -0.39 is 0 Å². The quantitative estimate of drug-likeness (QED) is 0.860. The number of aryl methyl sites for hydroxylation is 1. The fraction of sp³-hybridized carbons (Fsp3) is 0.500. The highest BCUT2D eigenvalue weighted by molar-refractivity contribution is 5.81. The maximum atomic E-state index is 13.1. The lowest BCUT2D eigenvalue weighted by molar-refractivity contribution is -0.123. The summed E-state index contributed by atoms with van der Waals surface area (Å²) in [6.45, 7) is 3.09. The van der Waals surface area contributed by atoms with E-state index in [1.165, 1.54) is 6.07 Å². The number of nitrogens with one attached hydrogen (secondary N) is 2. The molecule has 0 spiro atoms. The minimum Gasteiger partial charge on any atom is -0.351 e. The molecule has 1 aromatic rings. The number of carbonyl (C=O) groups is 1. The van der Waals surface area contributed by atoms with Gasteiger partial charge in [-0.25, -0.2) is 4.39 Å². The van der Waals surface area contributed by atoms with Gasteiger partial charge >= 0.3 is 0 Å². The summed E-state index contributed by atoms with van der Waals surface area (Å²) in [5, 5.41) is 6.10. The first-order valence-corrected chi connectivity index (χ1v) is 6.43. The van der Waals surface area contributed by atoms with Crippen molar-refractivity contribution in [1.82, 2.24) is 10.6 Å². The first-order chi connectivity index (χ1) is 8.66. The predicted octanol–water partition coefficient (Wildman–Crippen LogP) is 1.89. The second-order valence-corrected chi connectivity index (χ2v) is 4.80. The molecule has 1 unspecified atom stereocenters. The van der Waals surface area contributed by atoms with Crippen LogP contribution in [0.2, 0.25) is 0 Å². The Morgan fingerprint density at radius 2 is 2.33 bits per heavy atom. The van der Waals surface area contributed by atoms with Crippen molar-refractivity contribution in [3.63, 3.8) is 0 Å². The monoisotopic (exact) mass is 250 g/mol. The summed E-state index contributed by atoms with van der Waals surface area (Å²) in [7, 11) is 0. The molecular weight excluding hydrogens is 231 g/mol. The minimum absolute atomic E-state index is 0.0386. The van der Waals surface area contributed by atoms with Crippen LogP contribution in [-0.4, -0.2) is 18.5 Å². The van der Waals surface area contributed by atoms with E-state index in [1.54, 1.807) is 19.1 Å². The number of carbonyl (C=O) groups excluding carboxylic acids is 1. The van der Waals surface area contributed by atoms with Crippen molar-refractivity contribution >= 4 is 5.91 Å². The predicted molar refractivity (Wildman–Crippen MR) is 68.6 cm³/mol. The summed E-state index contributed by atoms with van der Waals surface area (Å²) in [5.74, 6) is -0.171. The van der Waals surface area contributed by atoms with E-state index in [2.05, 4.69) is 10.6 Å². The lowest BCUT2D eigenvalue weighted by atomic mass is 10.0. The third kappa shape index (κ3) is 3.29. The molecule has 1 aromatic carbocycles. The SMILES string of the molecule is Cc1cc(CNC(=O)C2CCCCN2)ccc1F. The molecule has 18 heavy (non-hydrogen) atoms. The van der Waals surface area contributed by atoms with Crippen molar-refractivity contribution in [2.45, 2.75) is 38.8 Å². The van der Waals surface area contributed by atoms with Gasteiger partial charge in [0.2, 0.25) is 5.91 Å². The maximum Gasteiger partial charge on any atom is 0.237 e. The van der Waals surface area contributed by atoms with Gasteiger partial charge in [-0.3, -0.25) is 4.79 Å². The third-order valence-electron chi connectivity index (χ3n) is 3.32. The third-order valence-corrected chi connectivity index (χ3v) is 3.32. The van der Waals surface area contributed by atoms with Gasteiger partial charge in [-0.15, -0.1) is 0 Å². The van der Waals surface area contributed by atoms with Crippen molar-refractivity contribution in [3.05, 3.63) is 35.1 Å². The molecule has 4 heteroatoms. The highest BCUT2D eigenvalue weighted by Gasteiger charge is 2.19. The van der Waals surface area contributed by atoms with Crippen molar-refractivity contribution in [1.29, 1.82) is 0 Å². The number of piperidine rings is 1. The summed E-state index contributed by atoms with van der Waals surface area (Å²) in [4.78, 5) is 11.9. The number of hydrogen-bond donors (Lipinski definition) is 2. The molecule has 0 bridgehead atoms. The van der Waals surface area contributed by atoms with Crippen molar-refractivity contribution < 1.29 is 9.18 Å². The lowest BCUT2D eigenvalue weighted by Gasteiger charge is -2.22. The summed E-state index contributed by atoms with van der Waals surface area (Å²) in [6, 6.07) is 4.84. The van der Waals surface area contributed by atoms with E-state index >= 15 is 0 Å². The first kappa shape index (κ1) is 13.0. The number of rotatable bonds is 3. The molecule has 2 rings (SSSR count). The van der Waals surface area contributed by atoms with E-state index in [-0.39, 0.29) is 17.8 Å². The van der Waals surface area contributed by atoms with Crippen molar-refractivity contribution in [2.75, 3.05) is 6.54 Å². The Morgan fingerprint density at radius 3 is 3.00 bits per heavy atom. The van der Waals surface area contributed by atoms with Gasteiger partial charge in [-0.2, -0.15) is 0 Å². The van der Waals surface area contributed by atoms with E-state index in [4.69, 9.17) is 0 Å². The first-order valence-electron chi connectivity index (χ1n) is 6.43. The largest absolute Gasteiger partial charge is 0.351 e. The molecule has 1 fully saturated rings. The summed E-state index contributed by atoms with van der Waals surface area (Å²) < 4.78 is 13.1. The number of amides is 1. The Bertz CT molecular complexity index is 428. The Kier molecular flexibility index (Phi) is 4.31. The highest BCUT2D eigenvalue weighted by atomic mass is 19.1. The molecule has 0 radical (unpaired) electrons. The van der Waals surface area contributed by atoms with Crippen LogP contribution in [0.4, 0.5) is 4.39 Å². The Hall–Kier alpha value is -1.42. The van der Waals surface area contributed by atoms with Crippen LogP contribution in [0.1, 0.15) is 30.4 Å². The van der Waals surface area contributed by atoms with E-state index in [0.717, 1.165) is 31.4 Å². The Balaban J connectivity index is 1.86. The number of halogens is 1. The van der Waals surface area contributed by atoms with E-state index in [1.807, 2.05) is 0 Å². The van der Waals surface area contributed by atoms with Gasteiger partial charge in [0.05, 0.1) is 6.04 Å². The summed E-state index contributed by atoms with van der Waals surface area (Å²) in [6.07, 6.45) is 3.13. The highest BCUT2D eigenvalue weighted by Crippen LogP contribution is 2.10. The van der Waals surface area contributed by atoms with Crippen LogP contribution >= 0.6 is 0 Å². The average molecular weight is 250 g/mol. The van der Waals surface area contributed by atoms with Crippen LogP contribution in [-0.2, 0) is 11.3 Å². The molecule has 1 amide bonds. The van der Waals surface area contributed by atoms with Crippen LogP contribution in [0.3, 0.4) is 0 Å². The van der Waals surface area contributed by atoms with Gasteiger partial charge in [0.1, 0.15) is 5.82 Å². The van der Waals surface area contributed by atoms with Crippen LogP contribution < -0.4 is 10.6 Å². The zero-order valence-electron chi connectivity index (χ0n) is 10.6. The summed E-state index contributed by atoms with van der Waals surface area (Å²) >= 11 is 0. The average Bonchev–Trinajstić information content (AvgIpc) is 2.41. The van der Waals surface area contributed by atoms with Crippen LogP contribution in [0, 0.1) is 12.7 Å². The van der Waals surface area contributed by atoms with Gasteiger partial charge in [0.25, 0.3) is 0 Å². The fourth-order valence-electron chi connectivity index (χ4n) is 2.20. The molecule has 0 aromatic heterocycles. The number of hydrogen-bond acceptors (Lipinski definition) is 2. The van der Waals surface area contributed by atoms with E-state index in [9.17, 15) is 9.18 Å². The standard InChI is InChI=1S/C14H19FN2O/c1-10-8-11(5-6-12(10)15)9-17-14(18)13-4-2-3-7-16-13/h5-6,8,13,16H,2-4,7,9H2,1H3,(H,17,18). The molecule has 3 nitrogen and oxygen atoms in total. The molecule has 1 aliphatic heterocycles. The maximum absolute atomic E-state index is 13.1. The van der Waals surface area contributed by atoms with Gasteiger partial charge in [-0.1, -0.05) is 18.6 Å². The second kappa shape index (κ2) is 5.96.